The predicted molar refractivity (Wildman–Crippen MR) is 92.3 cm³/mol. The molecule has 3 rings (SSSR count). The standard InChI is InChI=1S/C18H18FNO3S/c1-24(21,22)23-12-2-3-14-4-9-18-15(13-14)10-11-20(18)17-7-5-16(19)6-8-17/h4-11,13H,2-3,12H2,1H3. The fourth-order valence-corrected chi connectivity index (χ4v) is 3.08. The second-order valence-corrected chi connectivity index (χ2v) is 7.33. The molecular weight excluding hydrogens is 329 g/mol. The predicted octanol–water partition coefficient (Wildman–Crippen LogP) is 3.68. The molecule has 0 unspecified atom stereocenters. The first kappa shape index (κ1) is 16.7. The summed E-state index contributed by atoms with van der Waals surface area (Å²) in [5.74, 6) is -0.256. The Kier molecular flexibility index (Phi) is 4.69. The summed E-state index contributed by atoms with van der Waals surface area (Å²) >= 11 is 0. The lowest BCUT2D eigenvalue weighted by atomic mass is 10.1. The molecule has 3 aromatic rings. The summed E-state index contributed by atoms with van der Waals surface area (Å²) in [7, 11) is -3.37. The molecule has 6 heteroatoms. The summed E-state index contributed by atoms with van der Waals surface area (Å²) in [5, 5.41) is 1.08. The molecule has 0 amide bonds. The third-order valence-electron chi connectivity index (χ3n) is 3.77. The van der Waals surface area contributed by atoms with Crippen molar-refractivity contribution in [2.24, 2.45) is 0 Å². The molecule has 0 fully saturated rings. The molecule has 4 nitrogen and oxygen atoms in total. The van der Waals surface area contributed by atoms with Gasteiger partial charge in [-0.15, -0.1) is 0 Å². The normalized spacial score (nSPS) is 11.9. The van der Waals surface area contributed by atoms with Gasteiger partial charge in [0.1, 0.15) is 5.82 Å². The Bertz CT molecular complexity index is 946. The van der Waals surface area contributed by atoms with E-state index in [1.807, 2.05) is 29.0 Å². The van der Waals surface area contributed by atoms with E-state index >= 15 is 0 Å². The maximum Gasteiger partial charge on any atom is 0.264 e. The number of rotatable bonds is 6. The van der Waals surface area contributed by atoms with Crippen molar-refractivity contribution in [2.45, 2.75) is 12.8 Å². The summed E-state index contributed by atoms with van der Waals surface area (Å²) in [6.45, 7) is 0.188. The molecule has 0 aliphatic carbocycles. The molecule has 0 atom stereocenters. The molecule has 1 aromatic heterocycles. The van der Waals surface area contributed by atoms with E-state index in [1.54, 1.807) is 12.1 Å². The Morgan fingerprint density at radius 3 is 2.54 bits per heavy atom. The quantitative estimate of drug-likeness (QED) is 0.505. The van der Waals surface area contributed by atoms with Crippen molar-refractivity contribution in [1.29, 1.82) is 0 Å². The van der Waals surface area contributed by atoms with E-state index in [0.29, 0.717) is 6.42 Å². The van der Waals surface area contributed by atoms with Gasteiger partial charge in [0.15, 0.2) is 0 Å². The van der Waals surface area contributed by atoms with E-state index in [0.717, 1.165) is 34.8 Å². The molecule has 0 aliphatic rings. The molecule has 126 valence electrons. The van der Waals surface area contributed by atoms with Crippen LogP contribution in [-0.4, -0.2) is 25.8 Å². The van der Waals surface area contributed by atoms with Crippen LogP contribution in [0, 0.1) is 5.82 Å². The number of aryl methyl sites for hydroxylation is 1. The number of hydrogen-bond donors (Lipinski definition) is 0. The second-order valence-electron chi connectivity index (χ2n) is 5.68. The fourth-order valence-electron chi connectivity index (χ4n) is 2.66. The topological polar surface area (TPSA) is 48.3 Å². The van der Waals surface area contributed by atoms with E-state index in [2.05, 4.69) is 6.07 Å². The third kappa shape index (κ3) is 4.01. The SMILES string of the molecule is CS(=O)(=O)OCCCc1ccc2c(ccn2-c2ccc(F)cc2)c1. The molecule has 2 aromatic carbocycles. The highest BCUT2D eigenvalue weighted by atomic mass is 32.2. The summed E-state index contributed by atoms with van der Waals surface area (Å²) in [4.78, 5) is 0. The average molecular weight is 347 g/mol. The molecule has 1 heterocycles. The van der Waals surface area contributed by atoms with Crippen molar-refractivity contribution in [2.75, 3.05) is 12.9 Å². The minimum Gasteiger partial charge on any atom is -0.317 e. The lowest BCUT2D eigenvalue weighted by Crippen LogP contribution is -2.04. The van der Waals surface area contributed by atoms with E-state index in [-0.39, 0.29) is 12.4 Å². The van der Waals surface area contributed by atoms with Crippen molar-refractivity contribution >= 4 is 21.0 Å². The molecule has 0 aliphatic heterocycles. The fraction of sp³-hybridized carbons (Fsp3) is 0.222. The van der Waals surface area contributed by atoms with Gasteiger partial charge in [0.2, 0.25) is 0 Å². The molecule has 24 heavy (non-hydrogen) atoms. The van der Waals surface area contributed by atoms with Crippen LogP contribution in [-0.2, 0) is 20.7 Å². The van der Waals surface area contributed by atoms with Gasteiger partial charge in [-0.2, -0.15) is 8.42 Å². The largest absolute Gasteiger partial charge is 0.317 e. The summed E-state index contributed by atoms with van der Waals surface area (Å²) < 4.78 is 41.7. The average Bonchev–Trinajstić information content (AvgIpc) is 2.95. The van der Waals surface area contributed by atoms with Gasteiger partial charge >= 0.3 is 0 Å². The number of benzene rings is 2. The maximum absolute atomic E-state index is 13.1. The van der Waals surface area contributed by atoms with E-state index in [4.69, 9.17) is 4.18 Å². The van der Waals surface area contributed by atoms with Gasteiger partial charge in [-0.25, -0.2) is 4.39 Å². The van der Waals surface area contributed by atoms with Crippen LogP contribution in [0.15, 0.2) is 54.7 Å². The van der Waals surface area contributed by atoms with E-state index in [1.165, 1.54) is 12.1 Å². The minimum absolute atomic E-state index is 0.188. The Morgan fingerprint density at radius 1 is 1.08 bits per heavy atom. The first-order chi connectivity index (χ1) is 11.4. The zero-order valence-corrected chi connectivity index (χ0v) is 14.1. The Balaban J connectivity index is 1.75. The molecule has 0 radical (unpaired) electrons. The van der Waals surface area contributed by atoms with Crippen molar-refractivity contribution in [3.8, 4) is 5.69 Å². The van der Waals surface area contributed by atoms with Crippen LogP contribution in [0.25, 0.3) is 16.6 Å². The summed E-state index contributed by atoms with van der Waals surface area (Å²) in [6, 6.07) is 14.5. The first-order valence-electron chi connectivity index (χ1n) is 7.63. The Labute approximate surface area is 140 Å². The highest BCUT2D eigenvalue weighted by Gasteiger charge is 2.06. The van der Waals surface area contributed by atoms with Crippen LogP contribution in [0.5, 0.6) is 0 Å². The smallest absolute Gasteiger partial charge is 0.264 e. The zero-order valence-electron chi connectivity index (χ0n) is 13.3. The van der Waals surface area contributed by atoms with Crippen LogP contribution < -0.4 is 0 Å². The Morgan fingerprint density at radius 2 is 1.83 bits per heavy atom. The van der Waals surface area contributed by atoms with Gasteiger partial charge in [-0.05, 0) is 60.9 Å². The van der Waals surface area contributed by atoms with Crippen LogP contribution in [0.3, 0.4) is 0 Å². The Hall–Kier alpha value is -2.18. The van der Waals surface area contributed by atoms with Gasteiger partial charge < -0.3 is 4.57 Å². The number of fused-ring (bicyclic) bond motifs is 1. The highest BCUT2D eigenvalue weighted by Crippen LogP contribution is 2.22. The van der Waals surface area contributed by atoms with Gasteiger partial charge in [-0.1, -0.05) is 6.07 Å². The van der Waals surface area contributed by atoms with Crippen molar-refractivity contribution in [3.05, 3.63) is 66.1 Å². The van der Waals surface area contributed by atoms with Crippen molar-refractivity contribution in [3.63, 3.8) is 0 Å². The number of aromatic nitrogens is 1. The molecular formula is C18H18FNO3S. The molecule has 0 bridgehead atoms. The number of halogens is 1. The van der Waals surface area contributed by atoms with Gasteiger partial charge in [0.05, 0.1) is 18.4 Å². The minimum atomic E-state index is -3.37. The number of hydrogen-bond acceptors (Lipinski definition) is 3. The molecule has 0 N–H and O–H groups in total. The zero-order chi connectivity index (χ0) is 17.2. The lowest BCUT2D eigenvalue weighted by Gasteiger charge is -2.07. The van der Waals surface area contributed by atoms with E-state index < -0.39 is 10.1 Å². The summed E-state index contributed by atoms with van der Waals surface area (Å²) in [6.07, 6.45) is 4.39. The maximum atomic E-state index is 13.1. The van der Waals surface area contributed by atoms with Crippen LogP contribution in [0.2, 0.25) is 0 Å². The van der Waals surface area contributed by atoms with Gasteiger partial charge in [0.25, 0.3) is 10.1 Å². The monoisotopic (exact) mass is 347 g/mol. The first-order valence-corrected chi connectivity index (χ1v) is 9.44. The van der Waals surface area contributed by atoms with Gasteiger partial charge in [-0.3, -0.25) is 4.18 Å². The molecule has 0 saturated heterocycles. The van der Waals surface area contributed by atoms with Crippen molar-refractivity contribution < 1.29 is 17.0 Å². The van der Waals surface area contributed by atoms with Crippen LogP contribution >= 0.6 is 0 Å². The molecule has 0 spiro atoms. The molecule has 0 saturated carbocycles. The summed E-state index contributed by atoms with van der Waals surface area (Å²) in [5.41, 5.74) is 3.06. The third-order valence-corrected chi connectivity index (χ3v) is 4.36. The second kappa shape index (κ2) is 6.75. The highest BCUT2D eigenvalue weighted by molar-refractivity contribution is 7.85. The van der Waals surface area contributed by atoms with Crippen molar-refractivity contribution in [1.82, 2.24) is 4.57 Å². The van der Waals surface area contributed by atoms with Gasteiger partial charge in [0, 0.05) is 17.3 Å². The lowest BCUT2D eigenvalue weighted by molar-refractivity contribution is 0.316. The van der Waals surface area contributed by atoms with E-state index in [9.17, 15) is 12.8 Å². The number of nitrogens with zero attached hydrogens (tertiary/aromatic N) is 1. The van der Waals surface area contributed by atoms with Crippen LogP contribution in [0.1, 0.15) is 12.0 Å². The van der Waals surface area contributed by atoms with Crippen LogP contribution in [0.4, 0.5) is 4.39 Å².